The van der Waals surface area contributed by atoms with Crippen molar-refractivity contribution in [1.82, 2.24) is 4.98 Å². The van der Waals surface area contributed by atoms with Crippen molar-refractivity contribution in [2.45, 2.75) is 19.2 Å². The Bertz CT molecular complexity index is 1030. The standard InChI is InChI=1S/C20H15F3N2O4S/c21-20(22,23)29-15-5-3-13(4-6-15)14-9-16(30-11-14)19(28)25-17-7-1-12(10-24-17)2-8-18(26)27/h1,3-7,9-11H,2,8H2,(H,26,27)(H,24,25,28). The summed E-state index contributed by atoms with van der Waals surface area (Å²) in [6.45, 7) is 0. The molecule has 0 aliphatic heterocycles. The molecule has 0 radical (unpaired) electrons. The molecule has 0 fully saturated rings. The fourth-order valence-electron chi connectivity index (χ4n) is 2.53. The molecule has 0 aliphatic carbocycles. The van der Waals surface area contributed by atoms with Crippen LogP contribution in [0.5, 0.6) is 5.75 Å². The molecule has 3 rings (SSSR count). The summed E-state index contributed by atoms with van der Waals surface area (Å²) < 4.78 is 40.5. The highest BCUT2D eigenvalue weighted by Gasteiger charge is 2.31. The van der Waals surface area contributed by atoms with Gasteiger partial charge in [-0.2, -0.15) is 0 Å². The summed E-state index contributed by atoms with van der Waals surface area (Å²) >= 11 is 1.18. The van der Waals surface area contributed by atoms with Gasteiger partial charge in [-0.1, -0.05) is 18.2 Å². The van der Waals surface area contributed by atoms with Crippen LogP contribution in [-0.4, -0.2) is 28.3 Å². The maximum absolute atomic E-state index is 12.4. The highest BCUT2D eigenvalue weighted by Crippen LogP contribution is 2.29. The summed E-state index contributed by atoms with van der Waals surface area (Å²) in [6, 6.07) is 10.3. The van der Waals surface area contributed by atoms with Gasteiger partial charge < -0.3 is 15.2 Å². The second kappa shape index (κ2) is 8.95. The van der Waals surface area contributed by atoms with Crippen LogP contribution in [-0.2, 0) is 11.2 Å². The van der Waals surface area contributed by atoms with Gasteiger partial charge in [0, 0.05) is 12.6 Å². The lowest BCUT2D eigenvalue weighted by Crippen LogP contribution is -2.16. The summed E-state index contributed by atoms with van der Waals surface area (Å²) in [4.78, 5) is 27.5. The van der Waals surface area contributed by atoms with E-state index in [1.807, 2.05) is 0 Å². The lowest BCUT2D eigenvalue weighted by molar-refractivity contribution is -0.274. The van der Waals surface area contributed by atoms with E-state index in [2.05, 4.69) is 15.0 Å². The van der Waals surface area contributed by atoms with Crippen molar-refractivity contribution < 1.29 is 32.6 Å². The van der Waals surface area contributed by atoms with Crippen molar-refractivity contribution in [2.75, 3.05) is 5.32 Å². The molecule has 2 N–H and O–H groups in total. The number of alkyl halides is 3. The third-order valence-corrected chi connectivity index (χ3v) is 4.87. The number of anilines is 1. The Morgan fingerprint density at radius 1 is 1.10 bits per heavy atom. The van der Waals surface area contributed by atoms with Crippen LogP contribution in [0.3, 0.4) is 0 Å². The van der Waals surface area contributed by atoms with Crippen molar-refractivity contribution in [2.24, 2.45) is 0 Å². The highest BCUT2D eigenvalue weighted by atomic mass is 32.1. The predicted octanol–water partition coefficient (Wildman–Crippen LogP) is 4.98. The van der Waals surface area contributed by atoms with Gasteiger partial charge in [0.05, 0.1) is 4.88 Å². The fourth-order valence-corrected chi connectivity index (χ4v) is 3.34. The highest BCUT2D eigenvalue weighted by molar-refractivity contribution is 7.12. The zero-order chi connectivity index (χ0) is 21.7. The van der Waals surface area contributed by atoms with Gasteiger partial charge >= 0.3 is 12.3 Å². The molecule has 2 heterocycles. The molecule has 0 bridgehead atoms. The number of pyridine rings is 1. The quantitative estimate of drug-likeness (QED) is 0.546. The summed E-state index contributed by atoms with van der Waals surface area (Å²) in [5.74, 6) is -1.28. The van der Waals surface area contributed by atoms with Crippen LogP contribution in [0.2, 0.25) is 0 Å². The Morgan fingerprint density at radius 3 is 2.43 bits per heavy atom. The van der Waals surface area contributed by atoms with Crippen LogP contribution in [0.25, 0.3) is 11.1 Å². The number of nitrogens with zero attached hydrogens (tertiary/aromatic N) is 1. The number of hydrogen-bond acceptors (Lipinski definition) is 5. The maximum atomic E-state index is 12.4. The molecule has 0 saturated heterocycles. The number of thiophene rings is 1. The molecule has 0 aliphatic rings. The first-order chi connectivity index (χ1) is 14.2. The van der Waals surface area contributed by atoms with Gasteiger partial charge in [0.25, 0.3) is 5.91 Å². The zero-order valence-corrected chi connectivity index (χ0v) is 16.1. The van der Waals surface area contributed by atoms with Crippen molar-refractivity contribution in [3.05, 3.63) is 64.5 Å². The molecule has 156 valence electrons. The van der Waals surface area contributed by atoms with E-state index in [0.717, 1.165) is 5.56 Å². The summed E-state index contributed by atoms with van der Waals surface area (Å²) in [7, 11) is 0. The number of carbonyl (C=O) groups is 2. The molecule has 1 amide bonds. The number of ether oxygens (including phenoxy) is 1. The van der Waals surface area contributed by atoms with Gasteiger partial charge in [-0.05, 0) is 52.8 Å². The van der Waals surface area contributed by atoms with E-state index in [1.165, 1.54) is 41.8 Å². The van der Waals surface area contributed by atoms with Crippen LogP contribution in [0, 0.1) is 0 Å². The third-order valence-electron chi connectivity index (χ3n) is 3.94. The van der Waals surface area contributed by atoms with Crippen LogP contribution < -0.4 is 10.1 Å². The minimum Gasteiger partial charge on any atom is -0.481 e. The maximum Gasteiger partial charge on any atom is 0.573 e. The molecule has 0 unspecified atom stereocenters. The molecule has 0 spiro atoms. The number of nitrogens with one attached hydrogen (secondary N) is 1. The van der Waals surface area contributed by atoms with Gasteiger partial charge in [-0.3, -0.25) is 9.59 Å². The van der Waals surface area contributed by atoms with Gasteiger partial charge in [-0.15, -0.1) is 24.5 Å². The number of halogens is 3. The van der Waals surface area contributed by atoms with E-state index in [9.17, 15) is 22.8 Å². The first-order valence-electron chi connectivity index (χ1n) is 8.62. The Labute approximate surface area is 173 Å². The largest absolute Gasteiger partial charge is 0.573 e. The number of hydrogen-bond donors (Lipinski definition) is 2. The van der Waals surface area contributed by atoms with Gasteiger partial charge in [0.1, 0.15) is 11.6 Å². The number of aryl methyl sites for hydroxylation is 1. The normalized spacial score (nSPS) is 11.2. The Morgan fingerprint density at radius 2 is 1.83 bits per heavy atom. The van der Waals surface area contributed by atoms with Crippen molar-refractivity contribution >= 4 is 29.0 Å². The zero-order valence-electron chi connectivity index (χ0n) is 15.3. The van der Waals surface area contributed by atoms with E-state index in [4.69, 9.17) is 5.11 Å². The smallest absolute Gasteiger partial charge is 0.481 e. The molecule has 6 nitrogen and oxygen atoms in total. The predicted molar refractivity (Wildman–Crippen MR) is 105 cm³/mol. The molecule has 10 heteroatoms. The van der Waals surface area contributed by atoms with E-state index in [1.54, 1.807) is 23.6 Å². The number of carboxylic acid groups (broad SMARTS) is 1. The first kappa shape index (κ1) is 21.3. The summed E-state index contributed by atoms with van der Waals surface area (Å²) in [5, 5.41) is 13.1. The van der Waals surface area contributed by atoms with Crippen LogP contribution in [0.4, 0.5) is 19.0 Å². The minimum atomic E-state index is -4.75. The molecule has 2 aromatic heterocycles. The number of aromatic nitrogens is 1. The average molecular weight is 436 g/mol. The molecular weight excluding hydrogens is 421 g/mol. The monoisotopic (exact) mass is 436 g/mol. The number of rotatable bonds is 7. The second-order valence-corrected chi connectivity index (χ2v) is 7.08. The van der Waals surface area contributed by atoms with Gasteiger partial charge in [0.15, 0.2) is 0 Å². The third kappa shape index (κ3) is 6.05. The molecule has 30 heavy (non-hydrogen) atoms. The van der Waals surface area contributed by atoms with Crippen LogP contribution >= 0.6 is 11.3 Å². The summed E-state index contributed by atoms with van der Waals surface area (Å²) in [6.07, 6.45) is -2.91. The van der Waals surface area contributed by atoms with E-state index < -0.39 is 12.3 Å². The van der Waals surface area contributed by atoms with Gasteiger partial charge in [-0.25, -0.2) is 4.98 Å². The Hall–Kier alpha value is -3.40. The topological polar surface area (TPSA) is 88.5 Å². The molecule has 1 aromatic carbocycles. The molecule has 0 saturated carbocycles. The SMILES string of the molecule is O=C(O)CCc1ccc(NC(=O)c2cc(-c3ccc(OC(F)(F)F)cc3)cs2)nc1. The van der Waals surface area contributed by atoms with Crippen molar-refractivity contribution in [3.63, 3.8) is 0 Å². The van der Waals surface area contributed by atoms with Crippen LogP contribution in [0.15, 0.2) is 54.0 Å². The fraction of sp³-hybridized carbons (Fsp3) is 0.150. The van der Waals surface area contributed by atoms with Crippen molar-refractivity contribution in [1.29, 1.82) is 0 Å². The minimum absolute atomic E-state index is 0.00529. The van der Waals surface area contributed by atoms with Gasteiger partial charge in [0.2, 0.25) is 0 Å². The van der Waals surface area contributed by atoms with E-state index in [0.29, 0.717) is 28.2 Å². The Kier molecular flexibility index (Phi) is 6.36. The number of carbonyl (C=O) groups excluding carboxylic acids is 1. The molecule has 3 aromatic rings. The van der Waals surface area contributed by atoms with Crippen LogP contribution in [0.1, 0.15) is 21.7 Å². The molecular formula is C20H15F3N2O4S. The summed E-state index contributed by atoms with van der Waals surface area (Å²) in [5.41, 5.74) is 2.06. The molecule has 0 atom stereocenters. The number of carboxylic acids is 1. The lowest BCUT2D eigenvalue weighted by Gasteiger charge is -2.08. The second-order valence-electron chi connectivity index (χ2n) is 6.17. The van der Waals surface area contributed by atoms with E-state index >= 15 is 0 Å². The average Bonchev–Trinajstić information content (AvgIpc) is 3.17. The Balaban J connectivity index is 1.63. The number of aliphatic carboxylic acids is 1. The number of benzene rings is 1. The van der Waals surface area contributed by atoms with E-state index in [-0.39, 0.29) is 18.1 Å². The first-order valence-corrected chi connectivity index (χ1v) is 9.50. The van der Waals surface area contributed by atoms with Crippen molar-refractivity contribution in [3.8, 4) is 16.9 Å². The number of amides is 1. The lowest BCUT2D eigenvalue weighted by atomic mass is 10.1.